The van der Waals surface area contributed by atoms with Crippen LogP contribution in [0.25, 0.3) is 0 Å². The van der Waals surface area contributed by atoms with Crippen LogP contribution in [0.5, 0.6) is 5.75 Å². The molecule has 1 fully saturated rings. The van der Waals surface area contributed by atoms with Crippen LogP contribution in [-0.4, -0.2) is 23.3 Å². The fourth-order valence-electron chi connectivity index (χ4n) is 1.93. The van der Waals surface area contributed by atoms with Crippen molar-refractivity contribution in [3.63, 3.8) is 0 Å². The summed E-state index contributed by atoms with van der Waals surface area (Å²) >= 11 is 0. The van der Waals surface area contributed by atoms with Crippen LogP contribution in [0.15, 0.2) is 18.2 Å². The second-order valence-corrected chi connectivity index (χ2v) is 3.98. The van der Waals surface area contributed by atoms with Crippen molar-refractivity contribution in [2.24, 2.45) is 0 Å². The number of aryl methyl sites for hydroxylation is 1. The molecule has 1 aromatic carbocycles. The maximum Gasteiger partial charge on any atom is 0.121 e. The van der Waals surface area contributed by atoms with Crippen molar-refractivity contribution in [3.05, 3.63) is 29.3 Å². The first kappa shape index (κ1) is 9.49. The predicted octanol–water partition coefficient (Wildman–Crippen LogP) is 0.882. The smallest absolute Gasteiger partial charge is 0.121 e. The molecule has 0 aromatic heterocycles. The molecule has 14 heavy (non-hydrogen) atoms. The summed E-state index contributed by atoms with van der Waals surface area (Å²) in [7, 11) is 0. The fourth-order valence-corrected chi connectivity index (χ4v) is 1.93. The van der Waals surface area contributed by atoms with Gasteiger partial charge >= 0.3 is 0 Å². The average Bonchev–Trinajstić information content (AvgIpc) is 2.58. The van der Waals surface area contributed by atoms with Crippen molar-refractivity contribution in [3.8, 4) is 5.75 Å². The zero-order valence-electron chi connectivity index (χ0n) is 8.25. The van der Waals surface area contributed by atoms with Crippen molar-refractivity contribution in [2.75, 3.05) is 13.1 Å². The summed E-state index contributed by atoms with van der Waals surface area (Å²) in [5.41, 5.74) is 0.802. The van der Waals surface area contributed by atoms with Gasteiger partial charge in [0, 0.05) is 12.1 Å². The molecule has 3 N–H and O–H groups in total. The number of aliphatic hydroxyl groups is 1. The van der Waals surface area contributed by atoms with Crippen LogP contribution < -0.4 is 5.32 Å². The molecule has 0 saturated carbocycles. The molecule has 3 heteroatoms. The van der Waals surface area contributed by atoms with E-state index in [0.29, 0.717) is 18.5 Å². The van der Waals surface area contributed by atoms with Gasteiger partial charge in [-0.3, -0.25) is 0 Å². The van der Waals surface area contributed by atoms with E-state index in [1.807, 2.05) is 19.1 Å². The maximum atomic E-state index is 10.2. The highest BCUT2D eigenvalue weighted by molar-refractivity contribution is 5.40. The summed E-state index contributed by atoms with van der Waals surface area (Å²) in [6, 6.07) is 5.33. The highest BCUT2D eigenvalue weighted by atomic mass is 16.3. The van der Waals surface area contributed by atoms with E-state index in [-0.39, 0.29) is 5.75 Å². The molecule has 0 amide bonds. The molecule has 1 unspecified atom stereocenters. The standard InChI is InChI=1S/C11H15NO2/c1-8-2-3-10(13)9(6-8)11(14)4-5-12-7-11/h2-3,6,12-14H,4-5,7H2,1H3. The van der Waals surface area contributed by atoms with Gasteiger partial charge in [0.15, 0.2) is 0 Å². The normalized spacial score (nSPS) is 26.7. The number of aromatic hydroxyl groups is 1. The lowest BCUT2D eigenvalue weighted by Crippen LogP contribution is -2.28. The molecule has 1 atom stereocenters. The van der Waals surface area contributed by atoms with Crippen LogP contribution >= 0.6 is 0 Å². The first-order valence-electron chi connectivity index (χ1n) is 4.85. The van der Waals surface area contributed by atoms with E-state index in [4.69, 9.17) is 0 Å². The molecule has 1 aliphatic rings. The van der Waals surface area contributed by atoms with Crippen molar-refractivity contribution in [2.45, 2.75) is 18.9 Å². The first-order chi connectivity index (χ1) is 6.62. The van der Waals surface area contributed by atoms with Gasteiger partial charge in [-0.25, -0.2) is 0 Å². The Bertz CT molecular complexity index is 343. The highest BCUT2D eigenvalue weighted by Gasteiger charge is 2.35. The summed E-state index contributed by atoms with van der Waals surface area (Å²) in [6.45, 7) is 3.27. The topological polar surface area (TPSA) is 52.5 Å². The van der Waals surface area contributed by atoms with Gasteiger partial charge in [-0.15, -0.1) is 0 Å². The molecule has 1 saturated heterocycles. The third-order valence-electron chi connectivity index (χ3n) is 2.79. The lowest BCUT2D eigenvalue weighted by Gasteiger charge is -2.23. The van der Waals surface area contributed by atoms with Crippen molar-refractivity contribution in [1.82, 2.24) is 5.32 Å². The summed E-state index contributed by atoms with van der Waals surface area (Å²) < 4.78 is 0. The van der Waals surface area contributed by atoms with Crippen LogP contribution in [0.4, 0.5) is 0 Å². The lowest BCUT2D eigenvalue weighted by atomic mass is 9.91. The molecule has 0 bridgehead atoms. The van der Waals surface area contributed by atoms with E-state index >= 15 is 0 Å². The molecule has 0 radical (unpaired) electrons. The van der Waals surface area contributed by atoms with Gasteiger partial charge in [0.1, 0.15) is 11.4 Å². The number of rotatable bonds is 1. The molecule has 3 nitrogen and oxygen atoms in total. The van der Waals surface area contributed by atoms with E-state index < -0.39 is 5.60 Å². The van der Waals surface area contributed by atoms with E-state index in [2.05, 4.69) is 5.32 Å². The number of nitrogens with one attached hydrogen (secondary N) is 1. The van der Waals surface area contributed by atoms with Crippen molar-refractivity contribution in [1.29, 1.82) is 0 Å². The molecular formula is C11H15NO2. The largest absolute Gasteiger partial charge is 0.508 e. The zero-order valence-corrected chi connectivity index (χ0v) is 8.25. The van der Waals surface area contributed by atoms with E-state index in [1.54, 1.807) is 6.07 Å². The Balaban J connectivity index is 2.44. The minimum absolute atomic E-state index is 0.182. The van der Waals surface area contributed by atoms with Gasteiger partial charge in [-0.2, -0.15) is 0 Å². The minimum Gasteiger partial charge on any atom is -0.508 e. The maximum absolute atomic E-state index is 10.2. The van der Waals surface area contributed by atoms with Gasteiger partial charge < -0.3 is 15.5 Å². The quantitative estimate of drug-likeness (QED) is 0.620. The molecule has 0 aliphatic carbocycles. The van der Waals surface area contributed by atoms with Crippen LogP contribution in [0.2, 0.25) is 0 Å². The Morgan fingerprint density at radius 3 is 2.86 bits per heavy atom. The fraction of sp³-hybridized carbons (Fsp3) is 0.455. The first-order valence-corrected chi connectivity index (χ1v) is 4.85. The van der Waals surface area contributed by atoms with Crippen LogP contribution in [0.3, 0.4) is 0 Å². The predicted molar refractivity (Wildman–Crippen MR) is 54.2 cm³/mol. The molecule has 76 valence electrons. The number of phenols is 1. The minimum atomic E-state index is -0.893. The highest BCUT2D eigenvalue weighted by Crippen LogP contribution is 2.34. The number of benzene rings is 1. The summed E-state index contributed by atoms with van der Waals surface area (Å²) in [6.07, 6.45) is 0.657. The van der Waals surface area contributed by atoms with Crippen LogP contribution in [0, 0.1) is 6.92 Å². The van der Waals surface area contributed by atoms with Gasteiger partial charge in [-0.05, 0) is 32.0 Å². The second-order valence-electron chi connectivity index (χ2n) is 3.98. The molecule has 0 spiro atoms. The van der Waals surface area contributed by atoms with Gasteiger partial charge in [0.2, 0.25) is 0 Å². The molecule has 1 aliphatic heterocycles. The van der Waals surface area contributed by atoms with E-state index in [9.17, 15) is 10.2 Å². The molecule has 1 heterocycles. The third-order valence-corrected chi connectivity index (χ3v) is 2.79. The number of hydrogen-bond donors (Lipinski definition) is 3. The Morgan fingerprint density at radius 1 is 1.43 bits per heavy atom. The summed E-state index contributed by atoms with van der Waals surface area (Å²) in [5, 5.41) is 23.0. The Labute approximate surface area is 83.4 Å². The number of hydrogen-bond acceptors (Lipinski definition) is 3. The van der Waals surface area contributed by atoms with Crippen molar-refractivity contribution < 1.29 is 10.2 Å². The lowest BCUT2D eigenvalue weighted by molar-refractivity contribution is 0.0561. The van der Waals surface area contributed by atoms with E-state index in [1.165, 1.54) is 0 Å². The zero-order chi connectivity index (χ0) is 10.2. The van der Waals surface area contributed by atoms with Gasteiger partial charge in [0.05, 0.1) is 0 Å². The number of β-amino-alcohol motifs (C(OH)–C–C–N with tert-alkyl or cyclic N) is 1. The van der Waals surface area contributed by atoms with Crippen LogP contribution in [0.1, 0.15) is 17.5 Å². The summed E-state index contributed by atoms with van der Waals surface area (Å²) in [4.78, 5) is 0. The van der Waals surface area contributed by atoms with E-state index in [0.717, 1.165) is 12.1 Å². The van der Waals surface area contributed by atoms with Gasteiger partial charge in [0.25, 0.3) is 0 Å². The SMILES string of the molecule is Cc1ccc(O)c(C2(O)CCNC2)c1. The Hall–Kier alpha value is -1.06. The Kier molecular flexibility index (Phi) is 2.21. The monoisotopic (exact) mass is 193 g/mol. The molecular weight excluding hydrogens is 178 g/mol. The third kappa shape index (κ3) is 1.49. The van der Waals surface area contributed by atoms with Gasteiger partial charge in [-0.1, -0.05) is 11.6 Å². The average molecular weight is 193 g/mol. The van der Waals surface area contributed by atoms with Crippen molar-refractivity contribution >= 4 is 0 Å². The molecule has 1 aromatic rings. The second kappa shape index (κ2) is 3.26. The summed E-state index contributed by atoms with van der Waals surface area (Å²) in [5.74, 6) is 0.182. The molecule has 2 rings (SSSR count). The van der Waals surface area contributed by atoms with Crippen LogP contribution in [-0.2, 0) is 5.60 Å². The Morgan fingerprint density at radius 2 is 2.21 bits per heavy atom. The number of phenolic OH excluding ortho intramolecular Hbond substituents is 1.